The van der Waals surface area contributed by atoms with Crippen molar-refractivity contribution in [3.8, 4) is 0 Å². The van der Waals surface area contributed by atoms with Crippen LogP contribution in [0.15, 0.2) is 30.6 Å². The minimum Gasteiger partial charge on any atom is -0.338 e. The molecule has 1 N–H and O–H groups in total. The maximum absolute atomic E-state index is 12.1. The van der Waals surface area contributed by atoms with Crippen LogP contribution in [-0.2, 0) is 6.54 Å². The molecular weight excluding hydrogens is 276 g/mol. The highest BCUT2D eigenvalue weighted by Crippen LogP contribution is 2.15. The Morgan fingerprint density at radius 3 is 3.14 bits per heavy atom. The Kier molecular flexibility index (Phi) is 4.61. The lowest BCUT2D eigenvalue weighted by Crippen LogP contribution is -2.45. The topological polar surface area (TPSA) is 50.2 Å². The summed E-state index contributed by atoms with van der Waals surface area (Å²) in [7, 11) is 0. The quantitative estimate of drug-likeness (QED) is 0.883. The number of likely N-dealkylation sites (tertiary alicyclic amines) is 1. The van der Waals surface area contributed by atoms with Gasteiger partial charge in [0.1, 0.15) is 0 Å². The maximum Gasteiger partial charge on any atom is 0.317 e. The van der Waals surface area contributed by atoms with Crippen molar-refractivity contribution in [2.45, 2.75) is 32.7 Å². The molecule has 22 heavy (non-hydrogen) atoms. The monoisotopic (exact) mass is 300 g/mol. The Morgan fingerprint density at radius 1 is 1.41 bits per heavy atom. The van der Waals surface area contributed by atoms with Crippen molar-refractivity contribution in [3.63, 3.8) is 0 Å². The van der Waals surface area contributed by atoms with E-state index in [1.807, 2.05) is 29.4 Å². The first-order valence-corrected chi connectivity index (χ1v) is 8.16. The maximum atomic E-state index is 12.1. The third kappa shape index (κ3) is 3.40. The number of para-hydroxylation sites is 2. The zero-order valence-corrected chi connectivity index (χ0v) is 13.2. The zero-order valence-electron chi connectivity index (χ0n) is 13.2. The van der Waals surface area contributed by atoms with E-state index >= 15 is 0 Å². The minimum atomic E-state index is 0.0852. The minimum absolute atomic E-state index is 0.0852. The number of hydrogen-bond donors (Lipinski definition) is 1. The smallest absolute Gasteiger partial charge is 0.317 e. The Morgan fingerprint density at radius 2 is 2.27 bits per heavy atom. The van der Waals surface area contributed by atoms with Gasteiger partial charge in [-0.2, -0.15) is 0 Å². The summed E-state index contributed by atoms with van der Waals surface area (Å²) >= 11 is 0. The van der Waals surface area contributed by atoms with Gasteiger partial charge in [-0.05, 0) is 37.3 Å². The molecule has 1 atom stereocenters. The number of hydrogen-bond acceptors (Lipinski definition) is 2. The molecule has 2 amide bonds. The SMILES string of the molecule is C[C@@H]1CCCN(C(=O)NCCCn2cnc3ccccc32)C1. The molecule has 0 bridgehead atoms. The van der Waals surface area contributed by atoms with E-state index in [4.69, 9.17) is 0 Å². The lowest BCUT2D eigenvalue weighted by atomic mass is 10.0. The molecule has 0 unspecified atom stereocenters. The third-order valence-corrected chi connectivity index (χ3v) is 4.32. The molecule has 0 saturated carbocycles. The van der Waals surface area contributed by atoms with Crippen LogP contribution < -0.4 is 5.32 Å². The van der Waals surface area contributed by atoms with Crippen LogP contribution >= 0.6 is 0 Å². The molecule has 5 heteroatoms. The molecule has 0 aliphatic carbocycles. The first kappa shape index (κ1) is 14.9. The molecule has 1 aliphatic rings. The lowest BCUT2D eigenvalue weighted by molar-refractivity contribution is 0.169. The van der Waals surface area contributed by atoms with Gasteiger partial charge in [0.05, 0.1) is 17.4 Å². The van der Waals surface area contributed by atoms with E-state index in [0.717, 1.165) is 43.5 Å². The highest BCUT2D eigenvalue weighted by atomic mass is 16.2. The van der Waals surface area contributed by atoms with Gasteiger partial charge in [-0.3, -0.25) is 0 Å². The van der Waals surface area contributed by atoms with E-state index in [0.29, 0.717) is 12.5 Å². The number of benzene rings is 1. The van der Waals surface area contributed by atoms with Gasteiger partial charge in [0.2, 0.25) is 0 Å². The van der Waals surface area contributed by atoms with Crippen LogP contribution in [0.3, 0.4) is 0 Å². The number of carbonyl (C=O) groups excluding carboxylic acids is 1. The van der Waals surface area contributed by atoms with Gasteiger partial charge in [0.15, 0.2) is 0 Å². The summed E-state index contributed by atoms with van der Waals surface area (Å²) in [5.41, 5.74) is 2.17. The molecule has 1 saturated heterocycles. The molecule has 1 aromatic heterocycles. The van der Waals surface area contributed by atoms with Crippen LogP contribution in [0.2, 0.25) is 0 Å². The van der Waals surface area contributed by atoms with E-state index in [-0.39, 0.29) is 6.03 Å². The summed E-state index contributed by atoms with van der Waals surface area (Å²) in [6, 6.07) is 8.21. The Labute approximate surface area is 131 Å². The fourth-order valence-electron chi connectivity index (χ4n) is 3.12. The number of aromatic nitrogens is 2. The van der Waals surface area contributed by atoms with Crippen LogP contribution in [0.25, 0.3) is 11.0 Å². The van der Waals surface area contributed by atoms with E-state index in [1.54, 1.807) is 0 Å². The van der Waals surface area contributed by atoms with E-state index in [1.165, 1.54) is 6.42 Å². The molecule has 118 valence electrons. The van der Waals surface area contributed by atoms with E-state index in [9.17, 15) is 4.79 Å². The number of amides is 2. The van der Waals surface area contributed by atoms with Gasteiger partial charge >= 0.3 is 6.03 Å². The van der Waals surface area contributed by atoms with Crippen LogP contribution in [0, 0.1) is 5.92 Å². The van der Waals surface area contributed by atoms with Gasteiger partial charge in [0, 0.05) is 26.2 Å². The number of rotatable bonds is 4. The molecule has 5 nitrogen and oxygen atoms in total. The largest absolute Gasteiger partial charge is 0.338 e. The van der Waals surface area contributed by atoms with Crippen molar-refractivity contribution in [3.05, 3.63) is 30.6 Å². The number of imidazole rings is 1. The van der Waals surface area contributed by atoms with Crippen molar-refractivity contribution >= 4 is 17.1 Å². The van der Waals surface area contributed by atoms with Crippen molar-refractivity contribution < 1.29 is 4.79 Å². The average Bonchev–Trinajstić information content (AvgIpc) is 2.95. The molecule has 2 aromatic rings. The average molecular weight is 300 g/mol. The lowest BCUT2D eigenvalue weighted by Gasteiger charge is -2.30. The summed E-state index contributed by atoms with van der Waals surface area (Å²) in [6.07, 6.45) is 5.14. The van der Waals surface area contributed by atoms with Crippen molar-refractivity contribution in [1.82, 2.24) is 19.8 Å². The molecular formula is C17H24N4O. The second-order valence-corrected chi connectivity index (χ2v) is 6.21. The number of urea groups is 1. The fraction of sp³-hybridized carbons (Fsp3) is 0.529. The summed E-state index contributed by atoms with van der Waals surface area (Å²) in [5.74, 6) is 0.622. The zero-order chi connectivity index (χ0) is 15.4. The number of piperidine rings is 1. The molecule has 2 heterocycles. The third-order valence-electron chi connectivity index (χ3n) is 4.32. The van der Waals surface area contributed by atoms with Crippen LogP contribution in [0.1, 0.15) is 26.2 Å². The van der Waals surface area contributed by atoms with Crippen LogP contribution in [0.4, 0.5) is 4.79 Å². The highest BCUT2D eigenvalue weighted by molar-refractivity contribution is 5.75. The van der Waals surface area contributed by atoms with Gasteiger partial charge < -0.3 is 14.8 Å². The van der Waals surface area contributed by atoms with Gasteiger partial charge in [-0.15, -0.1) is 0 Å². The first-order chi connectivity index (χ1) is 10.7. The molecule has 0 spiro atoms. The Balaban J connectivity index is 1.44. The number of nitrogens with one attached hydrogen (secondary N) is 1. The standard InChI is InChI=1S/C17H24N4O/c1-14-6-4-10-20(12-14)17(22)18-9-5-11-21-13-19-15-7-2-3-8-16(15)21/h2-3,7-8,13-14H,4-6,9-12H2,1H3,(H,18,22)/t14-/m1/s1. The second kappa shape index (κ2) is 6.81. The number of aryl methyl sites for hydroxylation is 1. The van der Waals surface area contributed by atoms with Gasteiger partial charge in [0.25, 0.3) is 0 Å². The first-order valence-electron chi connectivity index (χ1n) is 8.16. The van der Waals surface area contributed by atoms with Crippen LogP contribution in [-0.4, -0.2) is 40.1 Å². The summed E-state index contributed by atoms with van der Waals surface area (Å²) in [5, 5.41) is 3.04. The number of fused-ring (bicyclic) bond motifs is 1. The summed E-state index contributed by atoms with van der Waals surface area (Å²) in [6.45, 7) is 5.57. The molecule has 1 fully saturated rings. The second-order valence-electron chi connectivity index (χ2n) is 6.21. The van der Waals surface area contributed by atoms with Gasteiger partial charge in [-0.25, -0.2) is 9.78 Å². The molecule has 1 aliphatic heterocycles. The fourth-order valence-corrected chi connectivity index (χ4v) is 3.12. The molecule has 1 aromatic carbocycles. The predicted molar refractivity (Wildman–Crippen MR) is 87.7 cm³/mol. The van der Waals surface area contributed by atoms with E-state index < -0.39 is 0 Å². The number of nitrogens with zero attached hydrogens (tertiary/aromatic N) is 3. The van der Waals surface area contributed by atoms with Crippen molar-refractivity contribution in [2.24, 2.45) is 5.92 Å². The van der Waals surface area contributed by atoms with Crippen LogP contribution in [0.5, 0.6) is 0 Å². The molecule has 3 rings (SSSR count). The Hall–Kier alpha value is -2.04. The van der Waals surface area contributed by atoms with Crippen molar-refractivity contribution in [1.29, 1.82) is 0 Å². The highest BCUT2D eigenvalue weighted by Gasteiger charge is 2.20. The normalized spacial score (nSPS) is 18.6. The van der Waals surface area contributed by atoms with Gasteiger partial charge in [-0.1, -0.05) is 19.1 Å². The summed E-state index contributed by atoms with van der Waals surface area (Å²) in [4.78, 5) is 18.4. The van der Waals surface area contributed by atoms with Crippen molar-refractivity contribution in [2.75, 3.05) is 19.6 Å². The Bertz CT molecular complexity index is 636. The predicted octanol–water partition coefficient (Wildman–Crippen LogP) is 2.87. The summed E-state index contributed by atoms with van der Waals surface area (Å²) < 4.78 is 2.14. The van der Waals surface area contributed by atoms with E-state index in [2.05, 4.69) is 27.9 Å². The molecule has 0 radical (unpaired) electrons. The number of carbonyl (C=O) groups is 1.